The summed E-state index contributed by atoms with van der Waals surface area (Å²) in [7, 11) is 0. The van der Waals surface area contributed by atoms with Gasteiger partial charge in [-0.1, -0.05) is 176 Å². The van der Waals surface area contributed by atoms with Crippen LogP contribution < -0.4 is 0 Å². The van der Waals surface area contributed by atoms with Crippen molar-refractivity contribution in [1.82, 2.24) is 9.55 Å². The SMILES string of the molecule is C1=CCC(n2c3ccc(-c4ccccc4-c4ccccc4-c4ccc5c(-c6ccccc6)c6ccccc6c(-c6ccccc6)c5c4)cc3c3cccnc32)C=C1. The average molecular weight is 727 g/mol. The molecule has 0 bridgehead atoms. The molecular weight excluding hydrogens is 689 g/mol. The van der Waals surface area contributed by atoms with Gasteiger partial charge in [0, 0.05) is 17.0 Å². The summed E-state index contributed by atoms with van der Waals surface area (Å²) in [5.74, 6) is 0. The molecule has 0 N–H and O–H groups in total. The molecule has 8 aromatic carbocycles. The fourth-order valence-corrected chi connectivity index (χ4v) is 9.25. The van der Waals surface area contributed by atoms with Crippen LogP contribution in [0.25, 0.3) is 99.1 Å². The van der Waals surface area contributed by atoms with E-state index in [2.05, 4.69) is 211 Å². The molecule has 2 heteroatoms. The Labute approximate surface area is 332 Å². The smallest absolute Gasteiger partial charge is 0.141 e. The number of pyridine rings is 1. The van der Waals surface area contributed by atoms with Crippen molar-refractivity contribution in [2.45, 2.75) is 12.5 Å². The normalized spacial score (nSPS) is 13.9. The predicted octanol–water partition coefficient (Wildman–Crippen LogP) is 14.9. The quantitative estimate of drug-likeness (QED) is 0.156. The van der Waals surface area contributed by atoms with Gasteiger partial charge in [0.15, 0.2) is 0 Å². The van der Waals surface area contributed by atoms with Crippen molar-refractivity contribution >= 4 is 43.5 Å². The van der Waals surface area contributed by atoms with E-state index in [4.69, 9.17) is 4.98 Å². The molecule has 0 saturated heterocycles. The van der Waals surface area contributed by atoms with Crippen molar-refractivity contribution in [3.8, 4) is 55.6 Å². The van der Waals surface area contributed by atoms with E-state index in [1.807, 2.05) is 6.20 Å². The molecule has 268 valence electrons. The zero-order valence-electron chi connectivity index (χ0n) is 31.4. The molecule has 0 amide bonds. The van der Waals surface area contributed by atoms with Crippen LogP contribution >= 0.6 is 0 Å². The Balaban J connectivity index is 1.11. The van der Waals surface area contributed by atoms with Gasteiger partial charge in [0.2, 0.25) is 0 Å². The van der Waals surface area contributed by atoms with Crippen LogP contribution in [0, 0.1) is 0 Å². The highest BCUT2D eigenvalue weighted by molar-refractivity contribution is 6.22. The Hall–Kier alpha value is -7.29. The molecule has 1 atom stereocenters. The Morgan fingerprint density at radius 3 is 1.56 bits per heavy atom. The summed E-state index contributed by atoms with van der Waals surface area (Å²) < 4.78 is 2.41. The molecule has 2 aromatic heterocycles. The first kappa shape index (κ1) is 33.1. The summed E-state index contributed by atoms with van der Waals surface area (Å²) in [6.07, 6.45) is 11.7. The number of aromatic nitrogens is 2. The van der Waals surface area contributed by atoms with Gasteiger partial charge in [-0.05, 0) is 114 Å². The Bertz CT molecular complexity index is 3200. The molecule has 57 heavy (non-hydrogen) atoms. The molecule has 0 fully saturated rings. The monoisotopic (exact) mass is 726 g/mol. The Kier molecular flexibility index (Phi) is 8.00. The number of benzene rings is 8. The van der Waals surface area contributed by atoms with Gasteiger partial charge in [0.25, 0.3) is 0 Å². The maximum Gasteiger partial charge on any atom is 0.141 e. The summed E-state index contributed by atoms with van der Waals surface area (Å²) in [5, 5.41) is 7.43. The number of allylic oxidation sites excluding steroid dienone is 4. The molecule has 2 heterocycles. The van der Waals surface area contributed by atoms with Crippen LogP contribution in [-0.2, 0) is 0 Å². The van der Waals surface area contributed by atoms with Crippen LogP contribution in [-0.4, -0.2) is 9.55 Å². The standard InChI is InChI=1S/C55H38N2/c1-4-17-37(18-5-1)53-46-27-14-15-28-47(46)54(38-19-6-2-7-20-38)51-36-39(30-32-48(51)53)42-23-10-12-25-44(42)45-26-13-11-24-43(45)40-31-33-52-50(35-40)49-29-16-34-56-55(49)57(52)41-21-8-3-9-22-41/h1-21,23-36,41H,22H2. The van der Waals surface area contributed by atoms with E-state index >= 15 is 0 Å². The fourth-order valence-electron chi connectivity index (χ4n) is 9.25. The van der Waals surface area contributed by atoms with Crippen LogP contribution in [0.3, 0.4) is 0 Å². The van der Waals surface area contributed by atoms with Crippen LogP contribution in [0.4, 0.5) is 0 Å². The lowest BCUT2D eigenvalue weighted by Crippen LogP contribution is -2.07. The third kappa shape index (κ3) is 5.52. The van der Waals surface area contributed by atoms with Gasteiger partial charge < -0.3 is 4.57 Å². The molecule has 0 spiro atoms. The summed E-state index contributed by atoms with van der Waals surface area (Å²) in [6.45, 7) is 0. The lowest BCUT2D eigenvalue weighted by molar-refractivity contribution is 0.643. The number of nitrogens with zero attached hydrogens (tertiary/aromatic N) is 2. The first-order chi connectivity index (χ1) is 28.3. The molecule has 10 aromatic rings. The Morgan fingerprint density at radius 1 is 0.404 bits per heavy atom. The zero-order chi connectivity index (χ0) is 37.7. The summed E-state index contributed by atoms with van der Waals surface area (Å²) in [6, 6.07) is 67.0. The lowest BCUT2D eigenvalue weighted by Gasteiger charge is -2.20. The van der Waals surface area contributed by atoms with Gasteiger partial charge in [-0.15, -0.1) is 0 Å². The minimum Gasteiger partial charge on any atom is -0.318 e. The van der Waals surface area contributed by atoms with Crippen molar-refractivity contribution in [2.75, 3.05) is 0 Å². The second kappa shape index (κ2) is 13.8. The molecule has 11 rings (SSSR count). The zero-order valence-corrected chi connectivity index (χ0v) is 31.4. The van der Waals surface area contributed by atoms with E-state index in [1.165, 1.54) is 93.5 Å². The first-order valence-corrected chi connectivity index (χ1v) is 19.8. The van der Waals surface area contributed by atoms with E-state index in [0.717, 1.165) is 12.1 Å². The minimum atomic E-state index is 0.237. The van der Waals surface area contributed by atoms with Gasteiger partial charge >= 0.3 is 0 Å². The van der Waals surface area contributed by atoms with E-state index in [9.17, 15) is 0 Å². The highest BCUT2D eigenvalue weighted by Gasteiger charge is 2.21. The molecule has 1 unspecified atom stereocenters. The average Bonchev–Trinajstić information content (AvgIpc) is 3.62. The van der Waals surface area contributed by atoms with Crippen LogP contribution in [0.15, 0.2) is 212 Å². The van der Waals surface area contributed by atoms with Gasteiger partial charge in [-0.2, -0.15) is 0 Å². The van der Waals surface area contributed by atoms with Crippen LogP contribution in [0.1, 0.15) is 12.5 Å². The topological polar surface area (TPSA) is 17.8 Å². The fraction of sp³-hybridized carbons (Fsp3) is 0.0364. The van der Waals surface area contributed by atoms with Gasteiger partial charge in [-0.3, -0.25) is 0 Å². The van der Waals surface area contributed by atoms with Gasteiger partial charge in [-0.25, -0.2) is 4.98 Å². The Morgan fingerprint density at radius 2 is 0.930 bits per heavy atom. The highest BCUT2D eigenvalue weighted by atomic mass is 15.1. The molecular formula is C55H38N2. The largest absolute Gasteiger partial charge is 0.318 e. The van der Waals surface area contributed by atoms with Crippen LogP contribution in [0.5, 0.6) is 0 Å². The molecule has 0 aliphatic heterocycles. The van der Waals surface area contributed by atoms with E-state index in [1.54, 1.807) is 0 Å². The van der Waals surface area contributed by atoms with E-state index in [-0.39, 0.29) is 6.04 Å². The third-order valence-corrected chi connectivity index (χ3v) is 11.8. The van der Waals surface area contributed by atoms with Crippen molar-refractivity contribution in [3.05, 3.63) is 212 Å². The number of hydrogen-bond donors (Lipinski definition) is 0. The number of fused-ring (bicyclic) bond motifs is 5. The molecule has 0 radical (unpaired) electrons. The summed E-state index contributed by atoms with van der Waals surface area (Å²) in [5.41, 5.74) is 14.4. The van der Waals surface area contributed by atoms with E-state index < -0.39 is 0 Å². The molecule has 1 aliphatic rings. The van der Waals surface area contributed by atoms with Crippen molar-refractivity contribution < 1.29 is 0 Å². The molecule has 2 nitrogen and oxygen atoms in total. The van der Waals surface area contributed by atoms with Crippen molar-refractivity contribution in [1.29, 1.82) is 0 Å². The lowest BCUT2D eigenvalue weighted by atomic mass is 9.84. The second-order valence-corrected chi connectivity index (χ2v) is 15.0. The maximum atomic E-state index is 4.90. The number of rotatable bonds is 6. The summed E-state index contributed by atoms with van der Waals surface area (Å²) in [4.78, 5) is 4.90. The number of hydrogen-bond acceptors (Lipinski definition) is 1. The van der Waals surface area contributed by atoms with Crippen molar-refractivity contribution in [2.24, 2.45) is 0 Å². The molecule has 1 aliphatic carbocycles. The summed E-state index contributed by atoms with van der Waals surface area (Å²) >= 11 is 0. The highest BCUT2D eigenvalue weighted by Crippen LogP contribution is 2.46. The van der Waals surface area contributed by atoms with Gasteiger partial charge in [0.05, 0.1) is 11.6 Å². The first-order valence-electron chi connectivity index (χ1n) is 19.8. The third-order valence-electron chi connectivity index (χ3n) is 11.8. The minimum absolute atomic E-state index is 0.237. The van der Waals surface area contributed by atoms with Gasteiger partial charge in [0.1, 0.15) is 5.65 Å². The van der Waals surface area contributed by atoms with Crippen molar-refractivity contribution in [3.63, 3.8) is 0 Å². The van der Waals surface area contributed by atoms with E-state index in [0.29, 0.717) is 0 Å². The predicted molar refractivity (Wildman–Crippen MR) is 241 cm³/mol. The second-order valence-electron chi connectivity index (χ2n) is 15.0. The molecule has 0 saturated carbocycles. The maximum absolute atomic E-state index is 4.90. The van der Waals surface area contributed by atoms with Crippen LogP contribution in [0.2, 0.25) is 0 Å².